The predicted molar refractivity (Wildman–Crippen MR) is 92.3 cm³/mol. The normalized spacial score (nSPS) is 14.2. The van der Waals surface area contributed by atoms with Gasteiger partial charge in [0.15, 0.2) is 0 Å². The summed E-state index contributed by atoms with van der Waals surface area (Å²) in [6.07, 6.45) is 2.20. The van der Waals surface area contributed by atoms with Crippen LogP contribution in [0.25, 0.3) is 0 Å². The van der Waals surface area contributed by atoms with E-state index in [9.17, 15) is 9.59 Å². The molecule has 0 heterocycles. The first kappa shape index (κ1) is 20.0. The fourth-order valence-electron chi connectivity index (χ4n) is 1.43. The number of rotatable bonds is 8. The maximum atomic E-state index is 11.8. The van der Waals surface area contributed by atoms with Crippen molar-refractivity contribution in [1.29, 1.82) is 0 Å². The van der Waals surface area contributed by atoms with Gasteiger partial charge in [0, 0.05) is 34.7 Å². The van der Waals surface area contributed by atoms with Gasteiger partial charge in [-0.15, -0.1) is 0 Å². The zero-order chi connectivity index (χ0) is 16.0. The van der Waals surface area contributed by atoms with E-state index in [1.54, 1.807) is 21.6 Å². The molecule has 0 spiro atoms. The molecule has 0 aliphatic heterocycles. The number of hydrogen-bond donors (Lipinski definition) is 0. The van der Waals surface area contributed by atoms with Gasteiger partial charge in [-0.1, -0.05) is 70.1 Å². The van der Waals surface area contributed by atoms with Gasteiger partial charge < -0.3 is 0 Å². The molecule has 1 unspecified atom stereocenters. The van der Waals surface area contributed by atoms with E-state index in [-0.39, 0.29) is 10.8 Å². The van der Waals surface area contributed by atoms with Gasteiger partial charge >= 0.3 is 0 Å². The van der Waals surface area contributed by atoms with Crippen LogP contribution in [0.1, 0.15) is 67.7 Å². The number of ketones is 2. The molecular formula is C16H30O2S2. The molecule has 0 fully saturated rings. The van der Waals surface area contributed by atoms with Crippen molar-refractivity contribution >= 4 is 33.2 Å². The molecule has 0 aliphatic carbocycles. The fourth-order valence-corrected chi connectivity index (χ4v) is 3.77. The Bertz CT molecular complexity index is 324. The largest absolute Gasteiger partial charge is 0.299 e. The van der Waals surface area contributed by atoms with Crippen molar-refractivity contribution in [2.24, 2.45) is 10.8 Å². The molecule has 2 nitrogen and oxygen atoms in total. The lowest BCUT2D eigenvalue weighted by atomic mass is 9.88. The minimum Gasteiger partial charge on any atom is -0.299 e. The summed E-state index contributed by atoms with van der Waals surface area (Å²) in [7, 11) is 3.54. The van der Waals surface area contributed by atoms with E-state index >= 15 is 0 Å². The van der Waals surface area contributed by atoms with Gasteiger partial charge in [-0.2, -0.15) is 0 Å². The molecule has 0 rings (SSSR count). The molecule has 0 amide bonds. The summed E-state index contributed by atoms with van der Waals surface area (Å²) in [6, 6.07) is 0. The highest BCUT2D eigenvalue weighted by molar-refractivity contribution is 8.76. The molecule has 20 heavy (non-hydrogen) atoms. The number of Topliss-reactive ketones (excluding diaryl/α,β-unsaturated/α-hetero) is 2. The monoisotopic (exact) mass is 318 g/mol. The van der Waals surface area contributed by atoms with Crippen LogP contribution in [0.4, 0.5) is 0 Å². The Morgan fingerprint density at radius 1 is 0.900 bits per heavy atom. The molecule has 0 N–H and O–H groups in total. The maximum Gasteiger partial charge on any atom is 0.139 e. The van der Waals surface area contributed by atoms with Gasteiger partial charge in [0.2, 0.25) is 0 Å². The van der Waals surface area contributed by atoms with Gasteiger partial charge in [0.05, 0.1) is 0 Å². The maximum absolute atomic E-state index is 11.8. The van der Waals surface area contributed by atoms with Gasteiger partial charge in [0.1, 0.15) is 11.6 Å². The first-order valence-corrected chi connectivity index (χ1v) is 9.67. The van der Waals surface area contributed by atoms with Crippen LogP contribution in [0, 0.1) is 10.8 Å². The first-order valence-electron chi connectivity index (χ1n) is 7.29. The lowest BCUT2D eigenvalue weighted by Crippen LogP contribution is -2.20. The summed E-state index contributed by atoms with van der Waals surface area (Å²) < 4.78 is 0. The molecule has 0 aromatic heterocycles. The van der Waals surface area contributed by atoms with Gasteiger partial charge in [-0.25, -0.2) is 0 Å². The van der Waals surface area contributed by atoms with Crippen LogP contribution in [-0.4, -0.2) is 22.6 Å². The third kappa shape index (κ3) is 9.06. The van der Waals surface area contributed by atoms with Crippen molar-refractivity contribution in [3.63, 3.8) is 0 Å². The molecule has 4 heteroatoms. The highest BCUT2D eigenvalue weighted by Crippen LogP contribution is 2.31. The Hall–Kier alpha value is 0.0400. The lowest BCUT2D eigenvalue weighted by Gasteiger charge is -2.18. The van der Waals surface area contributed by atoms with Crippen LogP contribution in [0.5, 0.6) is 0 Å². The zero-order valence-corrected chi connectivity index (χ0v) is 15.7. The van der Waals surface area contributed by atoms with E-state index in [2.05, 4.69) is 6.92 Å². The Labute approximate surface area is 132 Å². The first-order chi connectivity index (χ1) is 8.94. The number of carbonyl (C=O) groups is 2. The van der Waals surface area contributed by atoms with Crippen molar-refractivity contribution in [2.45, 2.75) is 73.0 Å². The van der Waals surface area contributed by atoms with E-state index in [0.29, 0.717) is 29.7 Å². The molecule has 0 aromatic carbocycles. The number of hydrogen-bond acceptors (Lipinski definition) is 4. The average molecular weight is 319 g/mol. The molecule has 0 radical (unpaired) electrons. The standard InChI is InChI=1S/C16H30O2S2/c1-12(8-9-13(17)15(2,3)4)20-19-11-10-14(18)16(5,6)7/h12H,8-11H2,1-7H3. The van der Waals surface area contributed by atoms with Gasteiger partial charge in [-0.05, 0) is 6.42 Å². The summed E-state index contributed by atoms with van der Waals surface area (Å²) in [5.74, 6) is 1.51. The van der Waals surface area contributed by atoms with E-state index in [4.69, 9.17) is 0 Å². The van der Waals surface area contributed by atoms with Crippen LogP contribution in [0.2, 0.25) is 0 Å². The van der Waals surface area contributed by atoms with E-state index < -0.39 is 0 Å². The molecule has 118 valence electrons. The molecule has 0 saturated heterocycles. The summed E-state index contributed by atoms with van der Waals surface area (Å²) in [6.45, 7) is 14.0. The predicted octanol–water partition coefficient (Wildman–Crippen LogP) is 5.16. The average Bonchev–Trinajstić information content (AvgIpc) is 2.28. The highest BCUT2D eigenvalue weighted by atomic mass is 33.1. The second-order valence-corrected chi connectivity index (χ2v) is 10.3. The minimum atomic E-state index is -0.226. The topological polar surface area (TPSA) is 34.1 Å². The third-order valence-electron chi connectivity index (χ3n) is 3.10. The lowest BCUT2D eigenvalue weighted by molar-refractivity contribution is -0.126. The summed E-state index contributed by atoms with van der Waals surface area (Å²) in [5, 5.41) is 0.455. The molecule has 0 saturated carbocycles. The second kappa shape index (κ2) is 8.47. The second-order valence-electron chi connectivity index (χ2n) is 7.36. The summed E-state index contributed by atoms with van der Waals surface area (Å²) >= 11 is 0. The minimum absolute atomic E-state index is 0.226. The Balaban J connectivity index is 3.78. The van der Waals surface area contributed by atoms with Crippen molar-refractivity contribution < 1.29 is 9.59 Å². The van der Waals surface area contributed by atoms with Crippen LogP contribution < -0.4 is 0 Å². The quantitative estimate of drug-likeness (QED) is 0.457. The van der Waals surface area contributed by atoms with E-state index in [1.165, 1.54) is 0 Å². The summed E-state index contributed by atoms with van der Waals surface area (Å²) in [4.78, 5) is 23.6. The van der Waals surface area contributed by atoms with Crippen molar-refractivity contribution in [3.05, 3.63) is 0 Å². The van der Waals surface area contributed by atoms with Gasteiger partial charge in [0.25, 0.3) is 0 Å². The molecule has 0 aromatic rings. The Kier molecular flexibility index (Phi) is 8.49. The summed E-state index contributed by atoms with van der Waals surface area (Å²) in [5.41, 5.74) is -0.452. The molecule has 1 atom stereocenters. The van der Waals surface area contributed by atoms with E-state index in [0.717, 1.165) is 12.2 Å². The SMILES string of the molecule is CC(CCC(=O)C(C)(C)C)SSCCC(=O)C(C)(C)C. The van der Waals surface area contributed by atoms with Crippen LogP contribution in [-0.2, 0) is 9.59 Å². The third-order valence-corrected chi connectivity index (χ3v) is 6.06. The fraction of sp³-hybridized carbons (Fsp3) is 0.875. The molecular weight excluding hydrogens is 288 g/mol. The van der Waals surface area contributed by atoms with Crippen molar-refractivity contribution in [1.82, 2.24) is 0 Å². The molecule has 0 aliphatic rings. The van der Waals surface area contributed by atoms with Crippen LogP contribution >= 0.6 is 21.6 Å². The smallest absolute Gasteiger partial charge is 0.139 e. The van der Waals surface area contributed by atoms with Crippen LogP contribution in [0.15, 0.2) is 0 Å². The van der Waals surface area contributed by atoms with E-state index in [1.807, 2.05) is 41.5 Å². The zero-order valence-electron chi connectivity index (χ0n) is 14.0. The Morgan fingerprint density at radius 3 is 1.80 bits per heavy atom. The van der Waals surface area contributed by atoms with Crippen molar-refractivity contribution in [3.8, 4) is 0 Å². The molecule has 0 bridgehead atoms. The Morgan fingerprint density at radius 2 is 1.35 bits per heavy atom. The van der Waals surface area contributed by atoms with Gasteiger partial charge in [-0.3, -0.25) is 9.59 Å². The highest BCUT2D eigenvalue weighted by Gasteiger charge is 2.22. The van der Waals surface area contributed by atoms with Crippen molar-refractivity contribution in [2.75, 3.05) is 5.75 Å². The number of carbonyl (C=O) groups excluding carboxylic acids is 2. The van der Waals surface area contributed by atoms with Crippen LogP contribution in [0.3, 0.4) is 0 Å².